The van der Waals surface area contributed by atoms with Crippen molar-refractivity contribution < 1.29 is 4.39 Å². The van der Waals surface area contributed by atoms with Crippen molar-refractivity contribution in [1.82, 2.24) is 19.9 Å². The molecule has 2 aromatic heterocycles. The summed E-state index contributed by atoms with van der Waals surface area (Å²) in [7, 11) is 0. The fourth-order valence-corrected chi connectivity index (χ4v) is 3.27. The second kappa shape index (κ2) is 7.21. The van der Waals surface area contributed by atoms with Gasteiger partial charge in [0.1, 0.15) is 22.7 Å². The number of nitrogens with two attached hydrogens (primary N) is 1. The standard InChI is InChI=1S/C18H19ClFN7/c1-10-23-15-9-22-18(27-6-4-11(21)5-7-27)26-16(15)17(24-10)25-12-2-3-14(20)13(19)8-12/h2-3,8-9,11H,4-7,21H2,1H3,(H,23,24,25). The Hall–Kier alpha value is -2.58. The number of hydrogen-bond donors (Lipinski definition) is 2. The van der Waals surface area contributed by atoms with Crippen LogP contribution in [-0.4, -0.2) is 39.1 Å². The van der Waals surface area contributed by atoms with Crippen LogP contribution in [-0.2, 0) is 0 Å². The molecule has 0 aliphatic carbocycles. The van der Waals surface area contributed by atoms with Crippen LogP contribution in [0.3, 0.4) is 0 Å². The van der Waals surface area contributed by atoms with E-state index in [0.29, 0.717) is 34.3 Å². The first-order valence-corrected chi connectivity index (χ1v) is 9.11. The maximum absolute atomic E-state index is 13.4. The van der Waals surface area contributed by atoms with E-state index in [9.17, 15) is 4.39 Å². The molecule has 3 heterocycles. The monoisotopic (exact) mass is 387 g/mol. The highest BCUT2D eigenvalue weighted by atomic mass is 35.5. The molecule has 1 saturated heterocycles. The first kappa shape index (κ1) is 17.8. The molecular formula is C18H19ClFN7. The lowest BCUT2D eigenvalue weighted by Gasteiger charge is -2.30. The Morgan fingerprint density at radius 1 is 1.22 bits per heavy atom. The van der Waals surface area contributed by atoms with Gasteiger partial charge in [0.15, 0.2) is 5.82 Å². The maximum atomic E-state index is 13.4. The molecule has 1 fully saturated rings. The third-order valence-corrected chi connectivity index (χ3v) is 4.83. The minimum Gasteiger partial charge on any atom is -0.341 e. The highest BCUT2D eigenvalue weighted by Gasteiger charge is 2.19. The summed E-state index contributed by atoms with van der Waals surface area (Å²) in [5, 5.41) is 3.20. The number of hydrogen-bond acceptors (Lipinski definition) is 7. The van der Waals surface area contributed by atoms with E-state index in [2.05, 4.69) is 30.2 Å². The van der Waals surface area contributed by atoms with Gasteiger partial charge in [-0.05, 0) is 38.0 Å². The van der Waals surface area contributed by atoms with Gasteiger partial charge in [0.05, 0.1) is 11.2 Å². The molecule has 4 rings (SSSR count). The van der Waals surface area contributed by atoms with E-state index in [-0.39, 0.29) is 11.1 Å². The van der Waals surface area contributed by atoms with Crippen LogP contribution in [0, 0.1) is 12.7 Å². The van der Waals surface area contributed by atoms with Crippen LogP contribution in [0.1, 0.15) is 18.7 Å². The van der Waals surface area contributed by atoms with Crippen LogP contribution in [0.2, 0.25) is 5.02 Å². The zero-order chi connectivity index (χ0) is 19.0. The summed E-state index contributed by atoms with van der Waals surface area (Å²) in [6, 6.07) is 4.64. The molecule has 0 radical (unpaired) electrons. The Morgan fingerprint density at radius 2 is 2.00 bits per heavy atom. The summed E-state index contributed by atoms with van der Waals surface area (Å²) < 4.78 is 13.4. The van der Waals surface area contributed by atoms with Gasteiger partial charge in [-0.15, -0.1) is 0 Å². The van der Waals surface area contributed by atoms with Crippen molar-refractivity contribution in [3.05, 3.63) is 41.1 Å². The quantitative estimate of drug-likeness (QED) is 0.712. The van der Waals surface area contributed by atoms with E-state index in [4.69, 9.17) is 17.3 Å². The number of aromatic nitrogens is 4. The second-order valence-corrected chi connectivity index (χ2v) is 7.01. The number of piperidine rings is 1. The average Bonchev–Trinajstić information content (AvgIpc) is 2.65. The van der Waals surface area contributed by atoms with Gasteiger partial charge in [0.25, 0.3) is 0 Å². The van der Waals surface area contributed by atoms with E-state index in [1.54, 1.807) is 19.2 Å². The van der Waals surface area contributed by atoms with Gasteiger partial charge < -0.3 is 16.0 Å². The normalized spacial score (nSPS) is 15.3. The van der Waals surface area contributed by atoms with E-state index < -0.39 is 5.82 Å². The zero-order valence-corrected chi connectivity index (χ0v) is 15.5. The minimum atomic E-state index is -0.473. The number of halogens is 2. The number of nitrogens with zero attached hydrogens (tertiary/aromatic N) is 5. The van der Waals surface area contributed by atoms with Gasteiger partial charge in [0.2, 0.25) is 5.95 Å². The number of nitrogens with one attached hydrogen (secondary N) is 1. The lowest BCUT2D eigenvalue weighted by atomic mass is 10.1. The fraction of sp³-hybridized carbons (Fsp3) is 0.333. The van der Waals surface area contributed by atoms with Gasteiger partial charge in [-0.3, -0.25) is 0 Å². The lowest BCUT2D eigenvalue weighted by molar-refractivity contribution is 0.496. The molecule has 0 unspecified atom stereocenters. The molecule has 27 heavy (non-hydrogen) atoms. The third-order valence-electron chi connectivity index (χ3n) is 4.54. The second-order valence-electron chi connectivity index (χ2n) is 6.60. The zero-order valence-electron chi connectivity index (χ0n) is 14.8. The highest BCUT2D eigenvalue weighted by molar-refractivity contribution is 6.31. The van der Waals surface area contributed by atoms with Gasteiger partial charge in [0, 0.05) is 24.8 Å². The fourth-order valence-electron chi connectivity index (χ4n) is 3.09. The molecule has 0 amide bonds. The SMILES string of the molecule is Cc1nc(Nc2ccc(F)c(Cl)c2)c2nc(N3CCC(N)CC3)ncc2n1. The molecule has 0 atom stereocenters. The molecule has 0 spiro atoms. The predicted molar refractivity (Wildman–Crippen MR) is 104 cm³/mol. The summed E-state index contributed by atoms with van der Waals surface area (Å²) in [6.07, 6.45) is 3.51. The number of anilines is 3. The van der Waals surface area contributed by atoms with Crippen molar-refractivity contribution in [1.29, 1.82) is 0 Å². The van der Waals surface area contributed by atoms with Crippen molar-refractivity contribution >= 4 is 40.1 Å². The molecule has 3 N–H and O–H groups in total. The summed E-state index contributed by atoms with van der Waals surface area (Å²) in [5.41, 5.74) is 7.83. The van der Waals surface area contributed by atoms with E-state index in [1.165, 1.54) is 12.1 Å². The molecule has 7 nitrogen and oxygen atoms in total. The van der Waals surface area contributed by atoms with E-state index in [0.717, 1.165) is 25.9 Å². The van der Waals surface area contributed by atoms with Gasteiger partial charge >= 0.3 is 0 Å². The molecule has 3 aromatic rings. The average molecular weight is 388 g/mol. The molecule has 0 bridgehead atoms. The maximum Gasteiger partial charge on any atom is 0.226 e. The van der Waals surface area contributed by atoms with Crippen molar-refractivity contribution in [3.8, 4) is 0 Å². The lowest BCUT2D eigenvalue weighted by Crippen LogP contribution is -2.40. The van der Waals surface area contributed by atoms with Crippen LogP contribution in [0.15, 0.2) is 24.4 Å². The molecular weight excluding hydrogens is 369 g/mol. The number of aryl methyl sites for hydroxylation is 1. The topological polar surface area (TPSA) is 92.9 Å². The van der Waals surface area contributed by atoms with Crippen LogP contribution in [0.5, 0.6) is 0 Å². The Bertz CT molecular complexity index is 989. The Morgan fingerprint density at radius 3 is 2.74 bits per heavy atom. The Kier molecular flexibility index (Phi) is 4.75. The van der Waals surface area contributed by atoms with Crippen molar-refractivity contribution in [2.24, 2.45) is 5.73 Å². The molecule has 140 valence electrons. The summed E-state index contributed by atoms with van der Waals surface area (Å²) >= 11 is 5.88. The molecule has 1 aliphatic rings. The summed E-state index contributed by atoms with van der Waals surface area (Å²) in [5.74, 6) is 1.26. The van der Waals surface area contributed by atoms with Crippen LogP contribution in [0.25, 0.3) is 11.0 Å². The Balaban J connectivity index is 1.72. The number of benzene rings is 1. The minimum absolute atomic E-state index is 0.0371. The molecule has 1 aromatic carbocycles. The number of rotatable bonds is 3. The van der Waals surface area contributed by atoms with Gasteiger partial charge in [-0.25, -0.2) is 24.3 Å². The Labute approximate surface area is 160 Å². The van der Waals surface area contributed by atoms with Crippen molar-refractivity contribution in [2.75, 3.05) is 23.3 Å². The van der Waals surface area contributed by atoms with Gasteiger partial charge in [-0.2, -0.15) is 0 Å². The van der Waals surface area contributed by atoms with Crippen LogP contribution in [0.4, 0.5) is 21.8 Å². The molecule has 1 aliphatic heterocycles. The van der Waals surface area contributed by atoms with Gasteiger partial charge in [-0.1, -0.05) is 11.6 Å². The van der Waals surface area contributed by atoms with E-state index >= 15 is 0 Å². The van der Waals surface area contributed by atoms with E-state index in [1.807, 2.05) is 0 Å². The van der Waals surface area contributed by atoms with Crippen LogP contribution >= 0.6 is 11.6 Å². The first-order chi connectivity index (χ1) is 13.0. The number of fused-ring (bicyclic) bond motifs is 1. The van der Waals surface area contributed by atoms with Crippen molar-refractivity contribution in [3.63, 3.8) is 0 Å². The largest absolute Gasteiger partial charge is 0.341 e. The predicted octanol–water partition coefficient (Wildman–Crippen LogP) is 3.19. The molecule has 9 heteroatoms. The summed E-state index contributed by atoms with van der Waals surface area (Å²) in [6.45, 7) is 3.42. The first-order valence-electron chi connectivity index (χ1n) is 8.73. The van der Waals surface area contributed by atoms with Crippen molar-refractivity contribution in [2.45, 2.75) is 25.8 Å². The highest BCUT2D eigenvalue weighted by Crippen LogP contribution is 2.27. The smallest absolute Gasteiger partial charge is 0.226 e. The third kappa shape index (κ3) is 3.77. The van der Waals surface area contributed by atoms with Crippen LogP contribution < -0.4 is 16.0 Å². The summed E-state index contributed by atoms with van der Waals surface area (Å²) in [4.78, 5) is 20.1. The molecule has 0 saturated carbocycles.